The molecule has 8 atom stereocenters. The van der Waals surface area contributed by atoms with Gasteiger partial charge in [0, 0.05) is 30.3 Å². The van der Waals surface area contributed by atoms with Crippen LogP contribution in [0.15, 0.2) is 66.7 Å². The lowest BCUT2D eigenvalue weighted by Gasteiger charge is -2.27. The minimum Gasteiger partial charge on any atom is -0.364 e. The second-order valence-electron chi connectivity index (χ2n) is 14.5. The molecule has 17 heteroatoms. The number of hydrogen-bond acceptors (Lipinski definition) is 7. The molecule has 3 aromatic carbocycles. The van der Waals surface area contributed by atoms with Crippen molar-refractivity contribution in [3.8, 4) is 0 Å². The molecule has 2 unspecified atom stereocenters. The highest BCUT2D eigenvalue weighted by molar-refractivity contribution is 6.03. The van der Waals surface area contributed by atoms with E-state index in [4.69, 9.17) is 5.73 Å². The molecule has 304 valence electrons. The van der Waals surface area contributed by atoms with Crippen LogP contribution in [-0.4, -0.2) is 72.3 Å². The lowest BCUT2D eigenvalue weighted by atomic mass is 9.82. The Morgan fingerprint density at radius 2 is 1.19 bits per heavy atom. The van der Waals surface area contributed by atoms with Gasteiger partial charge in [-0.15, -0.1) is 0 Å². The van der Waals surface area contributed by atoms with E-state index in [0.717, 1.165) is 30.3 Å². The molecule has 13 nitrogen and oxygen atoms in total. The van der Waals surface area contributed by atoms with Crippen molar-refractivity contribution in [2.45, 2.75) is 61.9 Å². The van der Waals surface area contributed by atoms with E-state index in [2.05, 4.69) is 26.3 Å². The molecule has 58 heavy (non-hydrogen) atoms. The van der Waals surface area contributed by atoms with E-state index in [9.17, 15) is 42.3 Å². The second kappa shape index (κ2) is 17.8. The number of fused-ring (bicyclic) bond motifs is 1. The molecule has 3 heterocycles. The van der Waals surface area contributed by atoms with Gasteiger partial charge in [-0.1, -0.05) is 36.4 Å². The second-order valence-corrected chi connectivity index (χ2v) is 14.5. The van der Waals surface area contributed by atoms with Gasteiger partial charge in [0.05, 0.1) is 23.5 Å². The van der Waals surface area contributed by atoms with Crippen LogP contribution in [0.4, 0.5) is 17.6 Å². The fourth-order valence-corrected chi connectivity index (χ4v) is 7.73. The zero-order valence-corrected chi connectivity index (χ0v) is 30.8. The Bertz CT molecular complexity index is 2100. The SMILES string of the molecule is NC(=O)c1cc2c(C(C(=O)N[C@H](C=O)C[C@@H]3CCNC3=O)[C@H](F)c3cccc(F)c3)ccc(C(C(=O)N[C@H](C=O)C[C@@H]3CCNC3=O)[C@H](F)c3cccc(F)c3)c2[nH]1. The van der Waals surface area contributed by atoms with Gasteiger partial charge in [-0.05, 0) is 78.3 Å². The van der Waals surface area contributed by atoms with Gasteiger partial charge in [0.15, 0.2) is 0 Å². The fourth-order valence-electron chi connectivity index (χ4n) is 7.73. The predicted octanol–water partition coefficient (Wildman–Crippen LogP) is 3.55. The van der Waals surface area contributed by atoms with E-state index in [1.807, 2.05) is 0 Å². The molecular weight excluding hydrogens is 764 g/mol. The maximum Gasteiger partial charge on any atom is 0.265 e. The molecule has 1 aromatic heterocycles. The largest absolute Gasteiger partial charge is 0.364 e. The Balaban J connectivity index is 1.47. The Kier molecular flexibility index (Phi) is 12.7. The number of alkyl halides is 2. The van der Waals surface area contributed by atoms with E-state index in [1.54, 1.807) is 0 Å². The van der Waals surface area contributed by atoms with Crippen LogP contribution in [0.5, 0.6) is 0 Å². The zero-order valence-electron chi connectivity index (χ0n) is 30.8. The van der Waals surface area contributed by atoms with Crippen LogP contribution in [0.2, 0.25) is 0 Å². The van der Waals surface area contributed by atoms with Crippen molar-refractivity contribution in [2.75, 3.05) is 13.1 Å². The number of nitrogens with two attached hydrogens (primary N) is 1. The summed E-state index contributed by atoms with van der Waals surface area (Å²) >= 11 is 0. The molecule has 0 radical (unpaired) electrons. The molecule has 2 aliphatic rings. The number of nitrogens with one attached hydrogen (secondary N) is 5. The third-order valence-electron chi connectivity index (χ3n) is 10.7. The molecule has 0 bridgehead atoms. The van der Waals surface area contributed by atoms with E-state index in [-0.39, 0.29) is 63.5 Å². The van der Waals surface area contributed by atoms with Gasteiger partial charge in [0.25, 0.3) is 5.91 Å². The summed E-state index contributed by atoms with van der Waals surface area (Å²) in [5.41, 5.74) is 4.27. The number of rotatable bonds is 17. The van der Waals surface area contributed by atoms with E-state index in [0.29, 0.717) is 38.5 Å². The summed E-state index contributed by atoms with van der Waals surface area (Å²) in [6, 6.07) is 9.81. The number of primary amides is 1. The molecular formula is C41H40F4N6O7. The highest BCUT2D eigenvalue weighted by atomic mass is 19.1. The molecule has 6 rings (SSSR count). The molecule has 7 N–H and O–H groups in total. The van der Waals surface area contributed by atoms with Gasteiger partial charge < -0.3 is 41.6 Å². The topological polar surface area (TPSA) is 209 Å². The summed E-state index contributed by atoms with van der Waals surface area (Å²) in [7, 11) is 0. The lowest BCUT2D eigenvalue weighted by molar-refractivity contribution is -0.128. The normalized spacial score (nSPS) is 19.6. The van der Waals surface area contributed by atoms with E-state index < -0.39 is 77.5 Å². The minimum atomic E-state index is -2.31. The monoisotopic (exact) mass is 804 g/mol. The van der Waals surface area contributed by atoms with Crippen molar-refractivity contribution in [3.63, 3.8) is 0 Å². The number of carbonyl (C=O) groups is 7. The number of halogens is 4. The quantitative estimate of drug-likeness (QED) is 0.0690. The molecule has 2 fully saturated rings. The summed E-state index contributed by atoms with van der Waals surface area (Å²) < 4.78 is 62.6. The number of carbonyl (C=O) groups excluding carboxylic acids is 7. The Morgan fingerprint density at radius 1 is 0.724 bits per heavy atom. The fraction of sp³-hybridized carbons (Fsp3) is 0.341. The first-order chi connectivity index (χ1) is 27.8. The summed E-state index contributed by atoms with van der Waals surface area (Å²) in [6.07, 6.45) is -3.24. The summed E-state index contributed by atoms with van der Waals surface area (Å²) in [5, 5.41) is 10.2. The van der Waals surface area contributed by atoms with Crippen molar-refractivity contribution in [1.29, 1.82) is 0 Å². The van der Waals surface area contributed by atoms with Crippen molar-refractivity contribution in [1.82, 2.24) is 26.3 Å². The van der Waals surface area contributed by atoms with Crippen molar-refractivity contribution < 1.29 is 51.1 Å². The molecule has 2 aliphatic heterocycles. The number of aromatic amines is 1. The average Bonchev–Trinajstić information content (AvgIpc) is 3.95. The molecule has 0 aliphatic carbocycles. The predicted molar refractivity (Wildman–Crippen MR) is 200 cm³/mol. The van der Waals surface area contributed by atoms with Gasteiger partial charge in [-0.3, -0.25) is 24.0 Å². The molecule has 5 amide bonds. The molecule has 0 spiro atoms. The van der Waals surface area contributed by atoms with E-state index >= 15 is 8.78 Å². The number of aromatic nitrogens is 1. The smallest absolute Gasteiger partial charge is 0.265 e. The van der Waals surface area contributed by atoms with Gasteiger partial charge in [0.1, 0.15) is 48.2 Å². The molecule has 0 saturated carbocycles. The number of amides is 5. The highest BCUT2D eigenvalue weighted by Crippen LogP contribution is 2.43. The van der Waals surface area contributed by atoms with Gasteiger partial charge in [0.2, 0.25) is 23.6 Å². The lowest BCUT2D eigenvalue weighted by Crippen LogP contribution is -2.42. The number of hydrogen-bond donors (Lipinski definition) is 6. The first kappa shape index (κ1) is 41.2. The standard InChI is InChI=1S/C41H40F4N6O7/c42-24-5-1-3-20(13-24)34(44)32(40(57)49-26(18-52)15-22-9-11-47-38(22)55)28-7-8-29(36-30(28)17-31(51-36)37(46)54)33(35(45)21-4-2-6-25(43)14-21)41(58)50-27(19-53)16-23-10-12-48-39(23)56/h1-8,13-14,17-19,22-23,26-27,32-35,51H,9-12,15-16H2,(H2,46,54)(H,47,55)(H,48,56)(H,49,57)(H,50,58)/t22-,23-,26-,27-,32?,33?,34+,35+/m0/s1. The third-order valence-corrected chi connectivity index (χ3v) is 10.7. The zero-order chi connectivity index (χ0) is 41.7. The summed E-state index contributed by atoms with van der Waals surface area (Å²) in [6.45, 7) is 0.728. The first-order valence-corrected chi connectivity index (χ1v) is 18.6. The Morgan fingerprint density at radius 3 is 1.60 bits per heavy atom. The van der Waals surface area contributed by atoms with Crippen LogP contribution < -0.4 is 27.0 Å². The van der Waals surface area contributed by atoms with Crippen molar-refractivity contribution >= 4 is 53.0 Å². The van der Waals surface area contributed by atoms with Gasteiger partial charge >= 0.3 is 0 Å². The first-order valence-electron chi connectivity index (χ1n) is 18.6. The average molecular weight is 805 g/mol. The Hall–Kier alpha value is -6.39. The Labute approximate surface area is 328 Å². The molecule has 2 saturated heterocycles. The number of benzene rings is 3. The van der Waals surface area contributed by atoms with Gasteiger partial charge in [-0.25, -0.2) is 17.6 Å². The minimum absolute atomic E-state index is 0.0952. The van der Waals surface area contributed by atoms with Crippen LogP contribution in [0.3, 0.4) is 0 Å². The number of aldehydes is 2. The maximum atomic E-state index is 16.9. The van der Waals surface area contributed by atoms with Crippen LogP contribution >= 0.6 is 0 Å². The highest BCUT2D eigenvalue weighted by Gasteiger charge is 2.40. The van der Waals surface area contributed by atoms with Gasteiger partial charge in [-0.2, -0.15) is 0 Å². The van der Waals surface area contributed by atoms with Crippen molar-refractivity contribution in [2.24, 2.45) is 17.6 Å². The maximum absolute atomic E-state index is 16.9. The molecule has 4 aromatic rings. The van der Waals surface area contributed by atoms with E-state index in [1.165, 1.54) is 36.4 Å². The number of H-pyrrole nitrogens is 1. The third kappa shape index (κ3) is 8.92. The van der Waals surface area contributed by atoms with Crippen LogP contribution in [0.25, 0.3) is 10.9 Å². The van der Waals surface area contributed by atoms with Crippen LogP contribution in [0, 0.1) is 23.5 Å². The van der Waals surface area contributed by atoms with Crippen LogP contribution in [-0.2, 0) is 28.8 Å². The summed E-state index contributed by atoms with van der Waals surface area (Å²) in [5.74, 6) is -10.5. The van der Waals surface area contributed by atoms with Crippen molar-refractivity contribution in [3.05, 3.63) is 106 Å². The van der Waals surface area contributed by atoms with Crippen LogP contribution in [0.1, 0.15) is 82.6 Å². The summed E-state index contributed by atoms with van der Waals surface area (Å²) in [4.78, 5) is 92.6.